The number of hydrogen-bond acceptors (Lipinski definition) is 6. The van der Waals surface area contributed by atoms with Crippen LogP contribution in [0.5, 0.6) is 5.75 Å². The Balaban J connectivity index is 1.41. The van der Waals surface area contributed by atoms with Crippen LogP contribution in [-0.2, 0) is 22.4 Å². The number of rotatable bonds is 10. The fourth-order valence-corrected chi connectivity index (χ4v) is 4.60. The van der Waals surface area contributed by atoms with E-state index >= 15 is 0 Å². The third-order valence-corrected chi connectivity index (χ3v) is 6.51. The van der Waals surface area contributed by atoms with Crippen molar-refractivity contribution in [2.45, 2.75) is 46.6 Å². The molecule has 0 N–H and O–H groups in total. The molecule has 0 spiro atoms. The van der Waals surface area contributed by atoms with Gasteiger partial charge in [0.2, 0.25) is 5.89 Å². The molecule has 37 heavy (non-hydrogen) atoms. The highest BCUT2D eigenvalue weighted by Crippen LogP contribution is 2.26. The van der Waals surface area contributed by atoms with E-state index in [9.17, 15) is 9.59 Å². The minimum Gasteiger partial charge on any atom is -0.493 e. The third-order valence-electron chi connectivity index (χ3n) is 6.51. The highest BCUT2D eigenvalue weighted by molar-refractivity contribution is 5.95. The number of carbonyl (C=O) groups excluding carboxylic acids is 2. The van der Waals surface area contributed by atoms with Crippen molar-refractivity contribution >= 4 is 11.8 Å². The largest absolute Gasteiger partial charge is 0.493 e. The lowest BCUT2D eigenvalue weighted by molar-refractivity contribution is -0.144. The number of ether oxygens (including phenoxy) is 2. The number of oxazole rings is 1. The fourth-order valence-electron chi connectivity index (χ4n) is 4.60. The van der Waals surface area contributed by atoms with E-state index in [0.717, 1.165) is 39.7 Å². The van der Waals surface area contributed by atoms with E-state index in [-0.39, 0.29) is 11.8 Å². The van der Waals surface area contributed by atoms with Gasteiger partial charge < -0.3 is 18.5 Å². The Morgan fingerprint density at radius 2 is 1.73 bits per heavy atom. The molecule has 4 rings (SSSR count). The number of methoxy groups -OCH3 is 1. The molecule has 0 radical (unpaired) electrons. The van der Waals surface area contributed by atoms with Gasteiger partial charge in [-0.2, -0.15) is 0 Å². The minimum atomic E-state index is -0.571. The number of nitrogens with zero attached hydrogens (tertiary/aromatic N) is 2. The van der Waals surface area contributed by atoms with E-state index in [4.69, 9.17) is 13.9 Å². The van der Waals surface area contributed by atoms with Gasteiger partial charge in [0.1, 0.15) is 17.6 Å². The van der Waals surface area contributed by atoms with Gasteiger partial charge >= 0.3 is 5.97 Å². The molecular formula is C30H32N2O5. The van der Waals surface area contributed by atoms with E-state index in [1.807, 2.05) is 86.0 Å². The van der Waals surface area contributed by atoms with Gasteiger partial charge in [0.25, 0.3) is 0 Å². The highest BCUT2D eigenvalue weighted by Gasteiger charge is 2.26. The van der Waals surface area contributed by atoms with Crippen molar-refractivity contribution in [3.63, 3.8) is 0 Å². The zero-order valence-corrected chi connectivity index (χ0v) is 21.9. The summed E-state index contributed by atoms with van der Waals surface area (Å²) in [6, 6.07) is 18.7. The molecule has 0 unspecified atom stereocenters. The predicted octanol–water partition coefficient (Wildman–Crippen LogP) is 5.85. The Hall–Kier alpha value is -4.13. The zero-order valence-electron chi connectivity index (χ0n) is 21.9. The molecule has 0 aliphatic rings. The Morgan fingerprint density at radius 3 is 2.35 bits per heavy atom. The van der Waals surface area contributed by atoms with Gasteiger partial charge in [-0.05, 0) is 63.6 Å². The molecule has 0 bridgehead atoms. The molecule has 0 fully saturated rings. The fraction of sp³-hybridized carbons (Fsp3) is 0.300. The van der Waals surface area contributed by atoms with Crippen molar-refractivity contribution in [3.8, 4) is 17.2 Å². The number of esters is 1. The maximum absolute atomic E-state index is 12.7. The summed E-state index contributed by atoms with van der Waals surface area (Å²) in [5.74, 6) is 1.77. The SMILES string of the molecule is COC(=O)[C@H](Cc1ccc(OCCc2oc(-c3ccccc3)nc2C)cc1)n1c(C)cc(C(C)=O)c1C. The van der Waals surface area contributed by atoms with Gasteiger partial charge in [0, 0.05) is 35.4 Å². The summed E-state index contributed by atoms with van der Waals surface area (Å²) in [5.41, 5.74) is 4.98. The van der Waals surface area contributed by atoms with Crippen LogP contribution >= 0.6 is 0 Å². The molecule has 0 aliphatic heterocycles. The summed E-state index contributed by atoms with van der Waals surface area (Å²) < 4.78 is 18.9. The van der Waals surface area contributed by atoms with Crippen molar-refractivity contribution in [3.05, 3.63) is 94.6 Å². The van der Waals surface area contributed by atoms with Crippen LogP contribution in [0.1, 0.15) is 51.7 Å². The van der Waals surface area contributed by atoms with Crippen molar-refractivity contribution in [2.24, 2.45) is 0 Å². The van der Waals surface area contributed by atoms with Crippen LogP contribution in [0.2, 0.25) is 0 Å². The van der Waals surface area contributed by atoms with E-state index in [1.165, 1.54) is 14.0 Å². The quantitative estimate of drug-likeness (QED) is 0.201. The first-order chi connectivity index (χ1) is 17.8. The van der Waals surface area contributed by atoms with Crippen LogP contribution in [0.3, 0.4) is 0 Å². The van der Waals surface area contributed by atoms with Crippen LogP contribution in [-0.4, -0.2) is 35.0 Å². The number of Topliss-reactive ketones (excluding diaryl/α,β-unsaturated/α-hetero) is 1. The number of hydrogen-bond donors (Lipinski definition) is 0. The van der Waals surface area contributed by atoms with Crippen LogP contribution < -0.4 is 4.74 Å². The van der Waals surface area contributed by atoms with Crippen LogP contribution in [0.25, 0.3) is 11.5 Å². The Labute approximate surface area is 217 Å². The Kier molecular flexibility index (Phi) is 7.92. The van der Waals surface area contributed by atoms with E-state index < -0.39 is 6.04 Å². The monoisotopic (exact) mass is 500 g/mol. The van der Waals surface area contributed by atoms with Crippen LogP contribution in [0.15, 0.2) is 65.1 Å². The van der Waals surface area contributed by atoms with Gasteiger partial charge in [-0.25, -0.2) is 9.78 Å². The molecule has 7 nitrogen and oxygen atoms in total. The summed E-state index contributed by atoms with van der Waals surface area (Å²) >= 11 is 0. The summed E-state index contributed by atoms with van der Waals surface area (Å²) in [6.07, 6.45) is 1.03. The van der Waals surface area contributed by atoms with Gasteiger partial charge in [-0.3, -0.25) is 4.79 Å². The molecule has 1 atom stereocenters. The Bertz CT molecular complexity index is 1380. The lowest BCUT2D eigenvalue weighted by Crippen LogP contribution is -2.25. The summed E-state index contributed by atoms with van der Waals surface area (Å²) in [4.78, 5) is 29.2. The van der Waals surface area contributed by atoms with Crippen molar-refractivity contribution in [1.29, 1.82) is 0 Å². The maximum atomic E-state index is 12.7. The van der Waals surface area contributed by atoms with Crippen LogP contribution in [0, 0.1) is 20.8 Å². The lowest BCUT2D eigenvalue weighted by Gasteiger charge is -2.21. The smallest absolute Gasteiger partial charge is 0.329 e. The van der Waals surface area contributed by atoms with Crippen molar-refractivity contribution < 1.29 is 23.5 Å². The number of aryl methyl sites for hydroxylation is 2. The highest BCUT2D eigenvalue weighted by atomic mass is 16.5. The molecule has 0 saturated carbocycles. The van der Waals surface area contributed by atoms with Gasteiger partial charge in [0.15, 0.2) is 5.78 Å². The first-order valence-electron chi connectivity index (χ1n) is 12.3. The van der Waals surface area contributed by atoms with Gasteiger partial charge in [-0.1, -0.05) is 30.3 Å². The van der Waals surface area contributed by atoms with Crippen molar-refractivity contribution in [2.75, 3.05) is 13.7 Å². The average molecular weight is 501 g/mol. The summed E-state index contributed by atoms with van der Waals surface area (Å²) in [5, 5.41) is 0. The van der Waals surface area contributed by atoms with Crippen molar-refractivity contribution in [1.82, 2.24) is 9.55 Å². The molecule has 192 valence electrons. The lowest BCUT2D eigenvalue weighted by atomic mass is 10.0. The topological polar surface area (TPSA) is 83.6 Å². The average Bonchev–Trinajstić information content (AvgIpc) is 3.42. The number of aromatic nitrogens is 2. The van der Waals surface area contributed by atoms with Crippen LogP contribution in [0.4, 0.5) is 0 Å². The molecule has 7 heteroatoms. The molecular weight excluding hydrogens is 468 g/mol. The molecule has 4 aromatic rings. The first-order valence-corrected chi connectivity index (χ1v) is 12.3. The molecule has 2 aromatic heterocycles. The second kappa shape index (κ2) is 11.3. The first kappa shape index (κ1) is 25.9. The Morgan fingerprint density at radius 1 is 1.03 bits per heavy atom. The molecule has 0 aliphatic carbocycles. The second-order valence-electron chi connectivity index (χ2n) is 9.09. The number of ketones is 1. The maximum Gasteiger partial charge on any atom is 0.329 e. The minimum absolute atomic E-state index is 0.0266. The summed E-state index contributed by atoms with van der Waals surface area (Å²) in [6.45, 7) is 7.67. The van der Waals surface area contributed by atoms with Gasteiger partial charge in [-0.15, -0.1) is 0 Å². The molecule has 2 heterocycles. The normalized spacial score (nSPS) is 11.8. The third kappa shape index (κ3) is 5.82. The van der Waals surface area contributed by atoms with E-state index in [1.54, 1.807) is 0 Å². The molecule has 0 amide bonds. The van der Waals surface area contributed by atoms with E-state index in [0.29, 0.717) is 30.9 Å². The standard InChI is InChI=1S/C30H32N2O5/c1-19-17-26(22(4)33)21(3)32(19)27(30(34)35-5)18-23-11-13-25(14-12-23)36-16-15-28-20(2)31-29(37-28)24-9-7-6-8-10-24/h6-14,17,27H,15-16,18H2,1-5H3/t27-/m0/s1. The van der Waals surface area contributed by atoms with E-state index in [2.05, 4.69) is 4.98 Å². The number of carbonyl (C=O) groups is 2. The predicted molar refractivity (Wildman–Crippen MR) is 141 cm³/mol. The molecule has 2 aromatic carbocycles. The zero-order chi connectivity index (χ0) is 26.5. The summed E-state index contributed by atoms with van der Waals surface area (Å²) in [7, 11) is 1.38. The molecule has 0 saturated heterocycles. The van der Waals surface area contributed by atoms with Gasteiger partial charge in [0.05, 0.1) is 19.4 Å². The number of benzene rings is 2. The second-order valence-corrected chi connectivity index (χ2v) is 9.09.